The van der Waals surface area contributed by atoms with Gasteiger partial charge >= 0.3 is 0 Å². The molecule has 0 atom stereocenters. The van der Waals surface area contributed by atoms with E-state index in [0.29, 0.717) is 37.2 Å². The van der Waals surface area contributed by atoms with Gasteiger partial charge in [0.25, 0.3) is 0 Å². The number of hydrogen-bond donors (Lipinski definition) is 0. The summed E-state index contributed by atoms with van der Waals surface area (Å²) >= 11 is 6.17. The van der Waals surface area contributed by atoms with Crippen LogP contribution in [0.2, 0.25) is 5.15 Å². The summed E-state index contributed by atoms with van der Waals surface area (Å²) < 4.78 is 12.0. The molecule has 7 heteroatoms. The lowest BCUT2D eigenvalue weighted by atomic mass is 10.3. The molecule has 0 spiro atoms. The topological polar surface area (TPSA) is 56.1 Å². The zero-order chi connectivity index (χ0) is 17.4. The predicted molar refractivity (Wildman–Crippen MR) is 94.2 cm³/mol. The number of ether oxygens (including phenoxy) is 2. The van der Waals surface area contributed by atoms with Crippen LogP contribution in [0, 0.1) is 0 Å². The summed E-state index contributed by atoms with van der Waals surface area (Å²) in [6.45, 7) is 2.24. The van der Waals surface area contributed by atoms with Crippen molar-refractivity contribution < 1.29 is 14.3 Å². The number of methoxy groups -OCH3 is 2. The van der Waals surface area contributed by atoms with Crippen LogP contribution in [-0.4, -0.2) is 60.7 Å². The van der Waals surface area contributed by atoms with E-state index in [4.69, 9.17) is 21.1 Å². The Labute approximate surface area is 146 Å². The Morgan fingerprint density at radius 2 is 2.08 bits per heavy atom. The lowest BCUT2D eigenvalue weighted by molar-refractivity contribution is -0.126. The van der Waals surface area contributed by atoms with Gasteiger partial charge in [0.2, 0.25) is 5.91 Å². The predicted octanol–water partition coefficient (Wildman–Crippen LogP) is 2.51. The molecule has 0 fully saturated rings. The molecular weight excluding hydrogens is 330 g/mol. The monoisotopic (exact) mass is 351 g/mol. The smallest absolute Gasteiger partial charge is 0.246 e. The summed E-state index contributed by atoms with van der Waals surface area (Å²) in [5, 5.41) is 0.369. The standard InChI is InChI=1S/C17H22ClN3O3/c1-23-12-5-9-20(11-13-24-2)16(22)8-7-14-17(18)19-15-6-3-4-10-21(14)15/h3-4,6-8,10H,5,9,11-13H2,1-2H3/b8-7+. The molecule has 1 amide bonds. The van der Waals surface area contributed by atoms with Crippen LogP contribution in [0.15, 0.2) is 30.5 Å². The molecule has 0 saturated heterocycles. The van der Waals surface area contributed by atoms with E-state index in [1.54, 1.807) is 25.2 Å². The molecule has 0 aliphatic rings. The van der Waals surface area contributed by atoms with Gasteiger partial charge in [0.1, 0.15) is 5.65 Å². The van der Waals surface area contributed by atoms with Crippen LogP contribution in [0.1, 0.15) is 12.1 Å². The van der Waals surface area contributed by atoms with Crippen LogP contribution in [0.4, 0.5) is 0 Å². The van der Waals surface area contributed by atoms with E-state index in [-0.39, 0.29) is 5.91 Å². The van der Waals surface area contributed by atoms with Crippen molar-refractivity contribution in [3.63, 3.8) is 0 Å². The Morgan fingerprint density at radius 3 is 2.83 bits per heavy atom. The SMILES string of the molecule is COCCCN(CCOC)C(=O)/C=C/c1c(Cl)nc2ccccn12. The second-order valence-corrected chi connectivity index (χ2v) is 5.57. The maximum atomic E-state index is 12.5. The van der Waals surface area contributed by atoms with Crippen LogP contribution in [0.25, 0.3) is 11.7 Å². The highest BCUT2D eigenvalue weighted by Gasteiger charge is 2.12. The highest BCUT2D eigenvalue weighted by Crippen LogP contribution is 2.19. The number of nitrogens with zero attached hydrogens (tertiary/aromatic N) is 3. The molecular formula is C17H22ClN3O3. The maximum Gasteiger partial charge on any atom is 0.246 e. The van der Waals surface area contributed by atoms with Gasteiger partial charge in [0.15, 0.2) is 5.15 Å². The van der Waals surface area contributed by atoms with Crippen molar-refractivity contribution in [1.29, 1.82) is 0 Å². The van der Waals surface area contributed by atoms with Gasteiger partial charge in [-0.2, -0.15) is 0 Å². The minimum absolute atomic E-state index is 0.0925. The van der Waals surface area contributed by atoms with Crippen LogP contribution in [0.5, 0.6) is 0 Å². The number of hydrogen-bond acceptors (Lipinski definition) is 4. The summed E-state index contributed by atoms with van der Waals surface area (Å²) in [6.07, 6.45) is 5.85. The largest absolute Gasteiger partial charge is 0.385 e. The first-order chi connectivity index (χ1) is 11.7. The first-order valence-electron chi connectivity index (χ1n) is 7.75. The Morgan fingerprint density at radius 1 is 1.29 bits per heavy atom. The van der Waals surface area contributed by atoms with Crippen molar-refractivity contribution in [2.45, 2.75) is 6.42 Å². The molecule has 24 heavy (non-hydrogen) atoms. The van der Waals surface area contributed by atoms with Gasteiger partial charge in [0.05, 0.1) is 12.3 Å². The molecule has 0 unspecified atom stereocenters. The molecule has 0 saturated carbocycles. The van der Waals surface area contributed by atoms with Crippen molar-refractivity contribution in [3.05, 3.63) is 41.3 Å². The number of aromatic nitrogens is 2. The maximum absolute atomic E-state index is 12.5. The summed E-state index contributed by atoms with van der Waals surface area (Å²) in [4.78, 5) is 18.5. The molecule has 2 aromatic heterocycles. The molecule has 2 aromatic rings. The van der Waals surface area contributed by atoms with E-state index >= 15 is 0 Å². The second-order valence-electron chi connectivity index (χ2n) is 5.21. The molecule has 6 nitrogen and oxygen atoms in total. The van der Waals surface area contributed by atoms with E-state index < -0.39 is 0 Å². The fourth-order valence-electron chi connectivity index (χ4n) is 2.32. The average molecular weight is 352 g/mol. The number of halogens is 1. The lowest BCUT2D eigenvalue weighted by Crippen LogP contribution is -2.34. The number of amides is 1. The summed E-state index contributed by atoms with van der Waals surface area (Å²) in [5.41, 5.74) is 1.43. The zero-order valence-electron chi connectivity index (χ0n) is 13.9. The van der Waals surface area contributed by atoms with Crippen molar-refractivity contribution in [2.24, 2.45) is 0 Å². The fraction of sp³-hybridized carbons (Fsp3) is 0.412. The number of pyridine rings is 1. The fourth-order valence-corrected chi connectivity index (χ4v) is 2.56. The van der Waals surface area contributed by atoms with E-state index in [1.165, 1.54) is 6.08 Å². The lowest BCUT2D eigenvalue weighted by Gasteiger charge is -2.20. The van der Waals surface area contributed by atoms with Gasteiger partial charge in [-0.3, -0.25) is 9.20 Å². The molecule has 0 bridgehead atoms. The molecule has 2 heterocycles. The van der Waals surface area contributed by atoms with Gasteiger partial charge in [0, 0.05) is 46.2 Å². The van der Waals surface area contributed by atoms with Crippen molar-refractivity contribution >= 4 is 29.2 Å². The Kier molecular flexibility index (Phi) is 7.24. The second kappa shape index (κ2) is 9.42. The summed E-state index contributed by atoms with van der Waals surface area (Å²) in [5.74, 6) is -0.0925. The molecule has 0 aromatic carbocycles. The van der Waals surface area contributed by atoms with Gasteiger partial charge in [-0.25, -0.2) is 4.98 Å². The molecule has 0 radical (unpaired) electrons. The Hall–Kier alpha value is -1.89. The number of rotatable bonds is 9. The number of imidazole rings is 1. The summed E-state index contributed by atoms with van der Waals surface area (Å²) in [6, 6.07) is 5.64. The van der Waals surface area contributed by atoms with Crippen LogP contribution in [-0.2, 0) is 14.3 Å². The molecule has 2 rings (SSSR count). The third kappa shape index (κ3) is 4.80. The third-order valence-electron chi connectivity index (χ3n) is 3.56. The number of carbonyl (C=O) groups is 1. The van der Waals surface area contributed by atoms with Crippen molar-refractivity contribution in [3.8, 4) is 0 Å². The zero-order valence-corrected chi connectivity index (χ0v) is 14.7. The Balaban J connectivity index is 2.11. The summed E-state index contributed by atoms with van der Waals surface area (Å²) in [7, 11) is 3.26. The minimum Gasteiger partial charge on any atom is -0.385 e. The van der Waals surface area contributed by atoms with E-state index in [2.05, 4.69) is 4.98 Å². The first-order valence-corrected chi connectivity index (χ1v) is 8.12. The first kappa shape index (κ1) is 18.4. The van der Waals surface area contributed by atoms with Crippen molar-refractivity contribution in [2.75, 3.05) is 40.5 Å². The van der Waals surface area contributed by atoms with Gasteiger partial charge in [-0.05, 0) is 24.6 Å². The van der Waals surface area contributed by atoms with Crippen molar-refractivity contribution in [1.82, 2.24) is 14.3 Å². The highest BCUT2D eigenvalue weighted by atomic mass is 35.5. The van der Waals surface area contributed by atoms with E-state index in [0.717, 1.165) is 12.1 Å². The van der Waals surface area contributed by atoms with E-state index in [9.17, 15) is 4.79 Å². The molecule has 0 aliphatic carbocycles. The van der Waals surface area contributed by atoms with Gasteiger partial charge in [-0.15, -0.1) is 0 Å². The quantitative estimate of drug-likeness (QED) is 0.514. The molecule has 0 N–H and O–H groups in total. The molecule has 130 valence electrons. The Bertz CT molecular complexity index is 699. The third-order valence-corrected chi connectivity index (χ3v) is 3.84. The van der Waals surface area contributed by atoms with Gasteiger partial charge < -0.3 is 14.4 Å². The number of carbonyl (C=O) groups excluding carboxylic acids is 1. The van der Waals surface area contributed by atoms with E-state index in [1.807, 2.05) is 28.8 Å². The number of fused-ring (bicyclic) bond motifs is 1. The molecule has 0 aliphatic heterocycles. The van der Waals surface area contributed by atoms with Crippen LogP contribution >= 0.6 is 11.6 Å². The normalized spacial score (nSPS) is 11.5. The highest BCUT2D eigenvalue weighted by molar-refractivity contribution is 6.31. The van der Waals surface area contributed by atoms with Crippen LogP contribution in [0.3, 0.4) is 0 Å². The van der Waals surface area contributed by atoms with Gasteiger partial charge in [-0.1, -0.05) is 17.7 Å². The van der Waals surface area contributed by atoms with Crippen LogP contribution < -0.4 is 0 Å². The average Bonchev–Trinajstić information content (AvgIpc) is 2.91. The minimum atomic E-state index is -0.0925.